The molecule has 3 heteroatoms. The molecule has 2 nitrogen and oxygen atoms in total. The van der Waals surface area contributed by atoms with Crippen molar-refractivity contribution in [3.8, 4) is 0 Å². The van der Waals surface area contributed by atoms with E-state index in [1.165, 1.54) is 17.5 Å². The van der Waals surface area contributed by atoms with Crippen molar-refractivity contribution in [2.24, 2.45) is 5.92 Å². The lowest BCUT2D eigenvalue weighted by Gasteiger charge is -2.26. The minimum absolute atomic E-state index is 0.0979. The third kappa shape index (κ3) is 2.81. The normalized spacial score (nSPS) is 23.4. The van der Waals surface area contributed by atoms with Gasteiger partial charge in [0.15, 0.2) is 0 Å². The third-order valence-electron chi connectivity index (χ3n) is 4.00. The lowest BCUT2D eigenvalue weighted by molar-refractivity contribution is 0.0927. The Morgan fingerprint density at radius 1 is 1.21 bits per heavy atom. The third-order valence-corrected chi connectivity index (χ3v) is 5.12. The SMILES string of the molecule is CC1CCC(NC(=O)c2cc3ccccc3s2)CC1. The molecule has 0 unspecified atom stereocenters. The summed E-state index contributed by atoms with van der Waals surface area (Å²) in [6.45, 7) is 2.30. The first kappa shape index (κ1) is 12.7. The van der Waals surface area contributed by atoms with Gasteiger partial charge in [-0.2, -0.15) is 0 Å². The molecule has 1 aliphatic carbocycles. The van der Waals surface area contributed by atoms with E-state index >= 15 is 0 Å². The van der Waals surface area contributed by atoms with E-state index in [-0.39, 0.29) is 5.91 Å². The van der Waals surface area contributed by atoms with Crippen molar-refractivity contribution in [2.75, 3.05) is 0 Å². The number of thiophene rings is 1. The van der Waals surface area contributed by atoms with Gasteiger partial charge in [-0.25, -0.2) is 0 Å². The summed E-state index contributed by atoms with van der Waals surface area (Å²) in [5.74, 6) is 0.915. The Morgan fingerprint density at radius 3 is 2.68 bits per heavy atom. The number of hydrogen-bond acceptors (Lipinski definition) is 2. The molecule has 0 bridgehead atoms. The topological polar surface area (TPSA) is 29.1 Å². The van der Waals surface area contributed by atoms with E-state index in [1.807, 2.05) is 18.2 Å². The second kappa shape index (κ2) is 5.33. The van der Waals surface area contributed by atoms with Gasteiger partial charge in [0.1, 0.15) is 0 Å². The van der Waals surface area contributed by atoms with Crippen LogP contribution in [-0.2, 0) is 0 Å². The van der Waals surface area contributed by atoms with Crippen LogP contribution < -0.4 is 5.32 Å². The fourth-order valence-corrected chi connectivity index (χ4v) is 3.72. The Labute approximate surface area is 117 Å². The number of carbonyl (C=O) groups excluding carboxylic acids is 1. The monoisotopic (exact) mass is 273 g/mol. The molecule has 1 heterocycles. The number of hydrogen-bond donors (Lipinski definition) is 1. The fourth-order valence-electron chi connectivity index (χ4n) is 2.75. The zero-order valence-corrected chi connectivity index (χ0v) is 12.0. The molecular weight excluding hydrogens is 254 g/mol. The van der Waals surface area contributed by atoms with Gasteiger partial charge in [0.05, 0.1) is 4.88 Å². The maximum atomic E-state index is 12.3. The molecule has 0 atom stereocenters. The molecule has 100 valence electrons. The van der Waals surface area contributed by atoms with Crippen molar-refractivity contribution in [3.63, 3.8) is 0 Å². The molecule has 1 aromatic carbocycles. The van der Waals surface area contributed by atoms with Gasteiger partial charge in [-0.15, -0.1) is 11.3 Å². The van der Waals surface area contributed by atoms with Crippen LogP contribution >= 0.6 is 11.3 Å². The van der Waals surface area contributed by atoms with Gasteiger partial charge >= 0.3 is 0 Å². The summed E-state index contributed by atoms with van der Waals surface area (Å²) in [6, 6.07) is 10.5. The molecule has 1 saturated carbocycles. The highest BCUT2D eigenvalue weighted by molar-refractivity contribution is 7.20. The van der Waals surface area contributed by atoms with Crippen molar-refractivity contribution in [3.05, 3.63) is 35.2 Å². The Balaban J connectivity index is 1.70. The summed E-state index contributed by atoms with van der Waals surface area (Å²) in [4.78, 5) is 13.1. The number of amides is 1. The minimum Gasteiger partial charge on any atom is -0.349 e. The highest BCUT2D eigenvalue weighted by Crippen LogP contribution is 2.27. The Kier molecular flexibility index (Phi) is 3.56. The maximum Gasteiger partial charge on any atom is 0.261 e. The van der Waals surface area contributed by atoms with Crippen LogP contribution in [0.2, 0.25) is 0 Å². The summed E-state index contributed by atoms with van der Waals surface area (Å²) < 4.78 is 1.19. The zero-order valence-electron chi connectivity index (χ0n) is 11.2. The molecule has 2 aromatic rings. The molecule has 0 spiro atoms. The summed E-state index contributed by atoms with van der Waals surface area (Å²) in [7, 11) is 0. The zero-order chi connectivity index (χ0) is 13.2. The first-order chi connectivity index (χ1) is 9.22. The fraction of sp³-hybridized carbons (Fsp3) is 0.438. The van der Waals surface area contributed by atoms with E-state index in [9.17, 15) is 4.79 Å². The number of fused-ring (bicyclic) bond motifs is 1. The summed E-state index contributed by atoms with van der Waals surface area (Å²) >= 11 is 1.58. The van der Waals surface area contributed by atoms with Crippen LogP contribution in [0.15, 0.2) is 30.3 Å². The highest BCUT2D eigenvalue weighted by Gasteiger charge is 2.20. The Bertz CT molecular complexity index is 548. The van der Waals surface area contributed by atoms with Crippen LogP contribution in [0.3, 0.4) is 0 Å². The van der Waals surface area contributed by atoms with E-state index in [1.54, 1.807) is 11.3 Å². The first-order valence-electron chi connectivity index (χ1n) is 7.02. The molecule has 1 aliphatic rings. The molecular formula is C16H19NOS. The molecule has 19 heavy (non-hydrogen) atoms. The van der Waals surface area contributed by atoms with E-state index in [4.69, 9.17) is 0 Å². The van der Waals surface area contributed by atoms with Gasteiger partial charge in [-0.3, -0.25) is 4.79 Å². The summed E-state index contributed by atoms with van der Waals surface area (Å²) in [5.41, 5.74) is 0. The molecule has 1 amide bonds. The lowest BCUT2D eigenvalue weighted by Crippen LogP contribution is -2.36. The quantitative estimate of drug-likeness (QED) is 0.872. The predicted molar refractivity (Wildman–Crippen MR) is 80.7 cm³/mol. The second-order valence-corrected chi connectivity index (χ2v) is 6.66. The first-order valence-corrected chi connectivity index (χ1v) is 7.83. The number of benzene rings is 1. The van der Waals surface area contributed by atoms with E-state index in [0.29, 0.717) is 6.04 Å². The average Bonchev–Trinajstić information content (AvgIpc) is 2.85. The Hall–Kier alpha value is -1.35. The van der Waals surface area contributed by atoms with Gasteiger partial charge in [0.25, 0.3) is 5.91 Å². The minimum atomic E-state index is 0.0979. The van der Waals surface area contributed by atoms with Gasteiger partial charge in [-0.1, -0.05) is 25.1 Å². The molecule has 0 saturated heterocycles. The van der Waals surface area contributed by atoms with Crippen LogP contribution in [0.25, 0.3) is 10.1 Å². The highest BCUT2D eigenvalue weighted by atomic mass is 32.1. The molecule has 1 N–H and O–H groups in total. The molecule has 3 rings (SSSR count). The van der Waals surface area contributed by atoms with Gasteiger partial charge in [0.2, 0.25) is 0 Å². The molecule has 0 radical (unpaired) electrons. The molecule has 1 aromatic heterocycles. The van der Waals surface area contributed by atoms with E-state index in [0.717, 1.165) is 29.0 Å². The van der Waals surface area contributed by atoms with E-state index in [2.05, 4.69) is 24.4 Å². The summed E-state index contributed by atoms with van der Waals surface area (Å²) in [6.07, 6.45) is 4.71. The molecule has 0 aliphatic heterocycles. The number of rotatable bonds is 2. The van der Waals surface area contributed by atoms with Crippen LogP contribution in [0.4, 0.5) is 0 Å². The smallest absolute Gasteiger partial charge is 0.261 e. The standard InChI is InChI=1S/C16H19NOS/c1-11-6-8-13(9-7-11)17-16(18)15-10-12-4-2-3-5-14(12)19-15/h2-5,10-11,13H,6-9H2,1H3,(H,17,18). The largest absolute Gasteiger partial charge is 0.349 e. The average molecular weight is 273 g/mol. The van der Waals surface area contributed by atoms with Crippen molar-refractivity contribution in [1.29, 1.82) is 0 Å². The predicted octanol–water partition coefficient (Wildman–Crippen LogP) is 4.21. The maximum absolute atomic E-state index is 12.3. The van der Waals surface area contributed by atoms with E-state index < -0.39 is 0 Å². The van der Waals surface area contributed by atoms with Crippen LogP contribution in [-0.4, -0.2) is 11.9 Å². The summed E-state index contributed by atoms with van der Waals surface area (Å²) in [5, 5.41) is 4.35. The number of carbonyl (C=O) groups is 1. The van der Waals surface area contributed by atoms with Crippen LogP contribution in [0.5, 0.6) is 0 Å². The van der Waals surface area contributed by atoms with Gasteiger partial charge in [-0.05, 0) is 49.1 Å². The van der Waals surface area contributed by atoms with Crippen LogP contribution in [0, 0.1) is 5.92 Å². The Morgan fingerprint density at radius 2 is 1.95 bits per heavy atom. The van der Waals surface area contributed by atoms with Crippen molar-refractivity contribution < 1.29 is 4.79 Å². The van der Waals surface area contributed by atoms with Crippen molar-refractivity contribution in [1.82, 2.24) is 5.32 Å². The van der Waals surface area contributed by atoms with Gasteiger partial charge in [0, 0.05) is 10.7 Å². The van der Waals surface area contributed by atoms with Crippen molar-refractivity contribution >= 4 is 27.3 Å². The van der Waals surface area contributed by atoms with Crippen LogP contribution in [0.1, 0.15) is 42.3 Å². The lowest BCUT2D eigenvalue weighted by atomic mass is 9.87. The van der Waals surface area contributed by atoms with Crippen molar-refractivity contribution in [2.45, 2.75) is 38.6 Å². The second-order valence-electron chi connectivity index (χ2n) is 5.58. The number of nitrogens with one attached hydrogen (secondary N) is 1. The molecule has 1 fully saturated rings. The van der Waals surface area contributed by atoms with Gasteiger partial charge < -0.3 is 5.32 Å².